The second kappa shape index (κ2) is 7.92. The van der Waals surface area contributed by atoms with Gasteiger partial charge in [-0.2, -0.15) is 0 Å². The number of carbonyl (C=O) groups is 2. The largest absolute Gasteiger partial charge is 0.454 e. The number of hydrogen-bond acceptors (Lipinski definition) is 4. The zero-order valence-electron chi connectivity index (χ0n) is 15.9. The number of para-hydroxylation sites is 1. The predicted octanol–water partition coefficient (Wildman–Crippen LogP) is 3.18. The molecular formula is C22H24N2O4. The Balaban J connectivity index is 1.30. The van der Waals surface area contributed by atoms with Crippen LogP contribution < -0.4 is 19.7 Å². The van der Waals surface area contributed by atoms with E-state index in [4.69, 9.17) is 9.47 Å². The number of amides is 2. The summed E-state index contributed by atoms with van der Waals surface area (Å²) in [5, 5.41) is 2.87. The maximum Gasteiger partial charge on any atom is 0.231 e. The molecule has 1 unspecified atom stereocenters. The van der Waals surface area contributed by atoms with Gasteiger partial charge in [0.25, 0.3) is 0 Å². The van der Waals surface area contributed by atoms with Crippen LogP contribution in [0.5, 0.6) is 11.5 Å². The standard InChI is InChI=1S/C22H24N2O4/c1-15-6-8-17-4-2-3-5-18(17)24(15)22(26)11-10-21(25)23-13-16-7-9-19-20(12-16)28-14-27-19/h2-5,7,9,12,15H,6,8,10-11,13-14H2,1H3,(H,23,25). The molecule has 6 nitrogen and oxygen atoms in total. The third-order valence-electron chi connectivity index (χ3n) is 5.28. The van der Waals surface area contributed by atoms with Crippen LogP contribution in [0.15, 0.2) is 42.5 Å². The molecule has 0 fully saturated rings. The van der Waals surface area contributed by atoms with Gasteiger partial charge < -0.3 is 19.7 Å². The summed E-state index contributed by atoms with van der Waals surface area (Å²) in [5.41, 5.74) is 3.11. The fourth-order valence-electron chi connectivity index (χ4n) is 3.75. The minimum atomic E-state index is -0.135. The van der Waals surface area contributed by atoms with Crippen molar-refractivity contribution < 1.29 is 19.1 Å². The highest BCUT2D eigenvalue weighted by molar-refractivity contribution is 5.97. The van der Waals surface area contributed by atoms with E-state index in [1.807, 2.05) is 41.3 Å². The fourth-order valence-corrected chi connectivity index (χ4v) is 3.75. The number of nitrogens with zero attached hydrogens (tertiary/aromatic N) is 1. The Morgan fingerprint density at radius 1 is 1.11 bits per heavy atom. The van der Waals surface area contributed by atoms with Crippen molar-refractivity contribution in [3.8, 4) is 11.5 Å². The lowest BCUT2D eigenvalue weighted by Gasteiger charge is -2.35. The Kier molecular flexibility index (Phi) is 5.19. The first-order valence-corrected chi connectivity index (χ1v) is 9.67. The highest BCUT2D eigenvalue weighted by Gasteiger charge is 2.27. The van der Waals surface area contributed by atoms with E-state index < -0.39 is 0 Å². The number of benzene rings is 2. The van der Waals surface area contributed by atoms with E-state index in [0.717, 1.165) is 29.8 Å². The van der Waals surface area contributed by atoms with E-state index in [1.54, 1.807) is 0 Å². The van der Waals surface area contributed by atoms with Crippen molar-refractivity contribution in [2.45, 2.75) is 45.2 Å². The van der Waals surface area contributed by atoms with Gasteiger partial charge in [0.15, 0.2) is 11.5 Å². The van der Waals surface area contributed by atoms with Crippen LogP contribution in [0.3, 0.4) is 0 Å². The summed E-state index contributed by atoms with van der Waals surface area (Å²) in [5.74, 6) is 1.28. The normalized spacial score (nSPS) is 17.2. The summed E-state index contributed by atoms with van der Waals surface area (Å²) in [6.45, 7) is 2.69. The van der Waals surface area contributed by atoms with Crippen LogP contribution in [0.25, 0.3) is 0 Å². The minimum absolute atomic E-state index is 0.00196. The SMILES string of the molecule is CC1CCc2ccccc2N1C(=O)CCC(=O)NCc1ccc2c(c1)OCO2. The quantitative estimate of drug-likeness (QED) is 0.865. The molecule has 6 heteroatoms. The van der Waals surface area contributed by atoms with Crippen molar-refractivity contribution in [2.75, 3.05) is 11.7 Å². The molecule has 0 aliphatic carbocycles. The molecule has 0 saturated heterocycles. The van der Waals surface area contributed by atoms with Gasteiger partial charge in [0, 0.05) is 31.1 Å². The highest BCUT2D eigenvalue weighted by atomic mass is 16.7. The summed E-state index contributed by atoms with van der Waals surface area (Å²) in [6, 6.07) is 13.8. The van der Waals surface area contributed by atoms with Gasteiger partial charge in [-0.05, 0) is 49.1 Å². The van der Waals surface area contributed by atoms with Gasteiger partial charge in [-0.3, -0.25) is 9.59 Å². The summed E-state index contributed by atoms with van der Waals surface area (Å²) in [7, 11) is 0. The van der Waals surface area contributed by atoms with Crippen molar-refractivity contribution >= 4 is 17.5 Å². The first-order chi connectivity index (χ1) is 13.6. The van der Waals surface area contributed by atoms with Crippen molar-refractivity contribution in [1.82, 2.24) is 5.32 Å². The first-order valence-electron chi connectivity index (χ1n) is 9.67. The van der Waals surface area contributed by atoms with E-state index in [2.05, 4.69) is 18.3 Å². The number of fused-ring (bicyclic) bond motifs is 2. The molecule has 2 heterocycles. The zero-order chi connectivity index (χ0) is 19.5. The van der Waals surface area contributed by atoms with Gasteiger partial charge in [-0.15, -0.1) is 0 Å². The highest BCUT2D eigenvalue weighted by Crippen LogP contribution is 2.33. The number of aryl methyl sites for hydroxylation is 1. The molecule has 4 rings (SSSR count). The Labute approximate surface area is 164 Å². The molecule has 0 spiro atoms. The first kappa shape index (κ1) is 18.3. The monoisotopic (exact) mass is 380 g/mol. The van der Waals surface area contributed by atoms with E-state index in [-0.39, 0.29) is 37.5 Å². The lowest BCUT2D eigenvalue weighted by Crippen LogP contribution is -2.42. The molecule has 2 aromatic carbocycles. The van der Waals surface area contributed by atoms with Gasteiger partial charge in [0.1, 0.15) is 0 Å². The average molecular weight is 380 g/mol. The molecule has 2 aromatic rings. The van der Waals surface area contributed by atoms with Gasteiger partial charge in [0.2, 0.25) is 18.6 Å². The van der Waals surface area contributed by atoms with Crippen LogP contribution in [0, 0.1) is 0 Å². The molecule has 2 aliphatic rings. The van der Waals surface area contributed by atoms with E-state index >= 15 is 0 Å². The number of rotatable bonds is 5. The maximum absolute atomic E-state index is 12.8. The zero-order valence-corrected chi connectivity index (χ0v) is 15.9. The average Bonchev–Trinajstić information content (AvgIpc) is 3.18. The molecule has 0 radical (unpaired) electrons. The number of carbonyl (C=O) groups excluding carboxylic acids is 2. The molecule has 0 bridgehead atoms. The van der Waals surface area contributed by atoms with Crippen LogP contribution in [-0.2, 0) is 22.6 Å². The Morgan fingerprint density at radius 2 is 1.93 bits per heavy atom. The van der Waals surface area contributed by atoms with Crippen LogP contribution in [0.4, 0.5) is 5.69 Å². The van der Waals surface area contributed by atoms with E-state index in [9.17, 15) is 9.59 Å². The third-order valence-corrected chi connectivity index (χ3v) is 5.28. The number of anilines is 1. The molecule has 0 aromatic heterocycles. The molecule has 28 heavy (non-hydrogen) atoms. The maximum atomic E-state index is 12.8. The lowest BCUT2D eigenvalue weighted by atomic mass is 9.96. The topological polar surface area (TPSA) is 67.9 Å². The van der Waals surface area contributed by atoms with Gasteiger partial charge in [0.05, 0.1) is 0 Å². The summed E-state index contributed by atoms with van der Waals surface area (Å²) in [4.78, 5) is 26.9. The molecule has 2 amide bonds. The van der Waals surface area contributed by atoms with Crippen LogP contribution in [-0.4, -0.2) is 24.6 Å². The smallest absolute Gasteiger partial charge is 0.231 e. The Bertz CT molecular complexity index is 896. The summed E-state index contributed by atoms with van der Waals surface area (Å²) >= 11 is 0. The van der Waals surface area contributed by atoms with Crippen molar-refractivity contribution in [1.29, 1.82) is 0 Å². The van der Waals surface area contributed by atoms with Gasteiger partial charge >= 0.3 is 0 Å². The summed E-state index contributed by atoms with van der Waals surface area (Å²) < 4.78 is 10.6. The predicted molar refractivity (Wildman–Crippen MR) is 105 cm³/mol. The number of ether oxygens (including phenoxy) is 2. The van der Waals surface area contributed by atoms with Crippen molar-refractivity contribution in [3.63, 3.8) is 0 Å². The summed E-state index contributed by atoms with van der Waals surface area (Å²) in [6.07, 6.45) is 2.30. The molecule has 2 aliphatic heterocycles. The Hall–Kier alpha value is -3.02. The van der Waals surface area contributed by atoms with Crippen LogP contribution in [0.1, 0.15) is 37.3 Å². The van der Waals surface area contributed by atoms with Gasteiger partial charge in [-0.25, -0.2) is 0 Å². The van der Waals surface area contributed by atoms with Gasteiger partial charge in [-0.1, -0.05) is 24.3 Å². The van der Waals surface area contributed by atoms with Crippen molar-refractivity contribution in [3.05, 3.63) is 53.6 Å². The van der Waals surface area contributed by atoms with E-state index in [1.165, 1.54) is 5.56 Å². The molecule has 1 N–H and O–H groups in total. The lowest BCUT2D eigenvalue weighted by molar-refractivity contribution is -0.125. The second-order valence-corrected chi connectivity index (χ2v) is 7.24. The molecule has 1 atom stereocenters. The van der Waals surface area contributed by atoms with Crippen molar-refractivity contribution in [2.24, 2.45) is 0 Å². The second-order valence-electron chi connectivity index (χ2n) is 7.24. The Morgan fingerprint density at radius 3 is 2.82 bits per heavy atom. The molecular weight excluding hydrogens is 356 g/mol. The number of hydrogen-bond donors (Lipinski definition) is 1. The molecule has 146 valence electrons. The minimum Gasteiger partial charge on any atom is -0.454 e. The molecule has 0 saturated carbocycles. The van der Waals surface area contributed by atoms with Crippen LogP contribution in [0.2, 0.25) is 0 Å². The number of nitrogens with one attached hydrogen (secondary N) is 1. The van der Waals surface area contributed by atoms with Crippen LogP contribution >= 0.6 is 0 Å². The third kappa shape index (κ3) is 3.81. The van der Waals surface area contributed by atoms with E-state index in [0.29, 0.717) is 12.3 Å². The fraction of sp³-hybridized carbons (Fsp3) is 0.364.